The Kier molecular flexibility index (Phi) is 6.42. The summed E-state index contributed by atoms with van der Waals surface area (Å²) in [5, 5.41) is 9.90. The number of ether oxygens (including phenoxy) is 1. The van der Waals surface area contributed by atoms with E-state index >= 15 is 0 Å². The topological polar surface area (TPSA) is 46.5 Å². The van der Waals surface area contributed by atoms with Crippen LogP contribution in [0, 0.1) is 5.92 Å². The van der Waals surface area contributed by atoms with Gasteiger partial charge in [0.25, 0.3) is 0 Å². The zero-order chi connectivity index (χ0) is 13.6. The van der Waals surface area contributed by atoms with Crippen LogP contribution in [0.4, 0.5) is 0 Å². The van der Waals surface area contributed by atoms with Gasteiger partial charge in [-0.2, -0.15) is 0 Å². The lowest BCUT2D eigenvalue weighted by atomic mass is 9.99. The van der Waals surface area contributed by atoms with Gasteiger partial charge in [0, 0.05) is 8.07 Å². The van der Waals surface area contributed by atoms with Gasteiger partial charge in [0.1, 0.15) is 6.61 Å². The lowest BCUT2D eigenvalue weighted by Crippen LogP contribution is -2.41. The molecule has 4 heteroatoms. The molecule has 0 heterocycles. The molecule has 0 aliphatic heterocycles. The Labute approximate surface area is 105 Å². The SMILES string of the molecule is C=CCOC(=O)[C@H]([C@H](O)C=C)[C@@H](C)[Si](C)(C)C. The molecule has 3 atom stereocenters. The Hall–Kier alpha value is -0.873. The molecule has 0 aliphatic rings. The van der Waals surface area contributed by atoms with Crippen LogP contribution in [0.15, 0.2) is 25.3 Å². The van der Waals surface area contributed by atoms with E-state index in [0.29, 0.717) is 0 Å². The molecular weight excluding hydrogens is 232 g/mol. The van der Waals surface area contributed by atoms with E-state index in [1.165, 1.54) is 12.2 Å². The summed E-state index contributed by atoms with van der Waals surface area (Å²) in [5.41, 5.74) is 0.118. The minimum atomic E-state index is -1.54. The third-order valence-electron chi connectivity index (χ3n) is 3.13. The molecule has 1 N–H and O–H groups in total. The third kappa shape index (κ3) is 4.87. The molecule has 0 aromatic carbocycles. The molecule has 0 aromatic rings. The van der Waals surface area contributed by atoms with Crippen LogP contribution in [0.2, 0.25) is 25.2 Å². The zero-order valence-electron chi connectivity index (χ0n) is 11.3. The second-order valence-electron chi connectivity index (χ2n) is 5.33. The molecule has 0 radical (unpaired) electrons. The molecule has 0 bridgehead atoms. The first-order chi connectivity index (χ1) is 7.75. The minimum absolute atomic E-state index is 0.118. The second-order valence-corrected chi connectivity index (χ2v) is 11.0. The fraction of sp³-hybridized carbons (Fsp3) is 0.615. The maximum atomic E-state index is 11.9. The number of aliphatic hydroxyl groups is 1. The van der Waals surface area contributed by atoms with Gasteiger partial charge in [-0.3, -0.25) is 4.79 Å². The average Bonchev–Trinajstić information content (AvgIpc) is 2.24. The lowest BCUT2D eigenvalue weighted by molar-refractivity contribution is -0.150. The first-order valence-electron chi connectivity index (χ1n) is 5.83. The van der Waals surface area contributed by atoms with E-state index in [0.717, 1.165) is 0 Å². The van der Waals surface area contributed by atoms with E-state index in [1.54, 1.807) is 0 Å². The van der Waals surface area contributed by atoms with Crippen molar-refractivity contribution < 1.29 is 14.6 Å². The number of hydrogen-bond donors (Lipinski definition) is 1. The van der Waals surface area contributed by atoms with Crippen molar-refractivity contribution in [1.29, 1.82) is 0 Å². The Bertz CT molecular complexity index is 281. The van der Waals surface area contributed by atoms with Gasteiger partial charge in [-0.25, -0.2) is 0 Å². The number of esters is 1. The van der Waals surface area contributed by atoms with Crippen LogP contribution in [0.3, 0.4) is 0 Å². The molecule has 0 aromatic heterocycles. The summed E-state index contributed by atoms with van der Waals surface area (Å²) in [4.78, 5) is 11.9. The van der Waals surface area contributed by atoms with Crippen LogP contribution in [-0.2, 0) is 9.53 Å². The maximum Gasteiger partial charge on any atom is 0.312 e. The summed E-state index contributed by atoms with van der Waals surface area (Å²) in [5.74, 6) is -0.897. The van der Waals surface area contributed by atoms with Gasteiger partial charge in [-0.15, -0.1) is 6.58 Å². The molecule has 3 nitrogen and oxygen atoms in total. The fourth-order valence-electron chi connectivity index (χ4n) is 1.56. The summed E-state index contributed by atoms with van der Waals surface area (Å²) in [6.45, 7) is 15.7. The standard InChI is InChI=1S/C13H24O3Si/c1-7-9-16-13(15)12(11(14)8-2)10(3)17(4,5)6/h7-8,10-12,14H,1-2,9H2,3-6H3/t10-,11-,12+/m1/s1. The molecule has 0 aliphatic carbocycles. The van der Waals surface area contributed by atoms with Crippen LogP contribution in [-0.4, -0.2) is 31.9 Å². The number of aliphatic hydroxyl groups excluding tert-OH is 1. The van der Waals surface area contributed by atoms with Gasteiger partial charge in [0.15, 0.2) is 0 Å². The van der Waals surface area contributed by atoms with Crippen molar-refractivity contribution in [3.8, 4) is 0 Å². The van der Waals surface area contributed by atoms with E-state index < -0.39 is 20.1 Å². The second kappa shape index (κ2) is 6.76. The summed E-state index contributed by atoms with van der Waals surface area (Å²) < 4.78 is 5.05. The Morgan fingerprint density at radius 1 is 1.41 bits per heavy atom. The molecule has 0 spiro atoms. The first kappa shape index (κ1) is 16.1. The zero-order valence-corrected chi connectivity index (χ0v) is 12.3. The molecule has 0 saturated heterocycles. The molecule has 0 amide bonds. The minimum Gasteiger partial charge on any atom is -0.461 e. The molecule has 17 heavy (non-hydrogen) atoms. The summed E-state index contributed by atoms with van der Waals surface area (Å²) in [7, 11) is -1.54. The van der Waals surface area contributed by atoms with E-state index in [4.69, 9.17) is 4.74 Å². The molecule has 0 fully saturated rings. The molecular formula is C13H24O3Si. The van der Waals surface area contributed by atoms with E-state index in [9.17, 15) is 9.90 Å². The van der Waals surface area contributed by atoms with Gasteiger partial charge in [0.05, 0.1) is 12.0 Å². The Morgan fingerprint density at radius 2 is 1.94 bits per heavy atom. The summed E-state index contributed by atoms with van der Waals surface area (Å²) >= 11 is 0. The summed E-state index contributed by atoms with van der Waals surface area (Å²) in [6.07, 6.45) is 2.07. The summed E-state index contributed by atoms with van der Waals surface area (Å²) in [6, 6.07) is 0. The van der Waals surface area contributed by atoms with Crippen molar-refractivity contribution in [1.82, 2.24) is 0 Å². The molecule has 0 saturated carbocycles. The van der Waals surface area contributed by atoms with Gasteiger partial charge in [-0.1, -0.05) is 45.3 Å². The lowest BCUT2D eigenvalue weighted by Gasteiger charge is -2.33. The largest absolute Gasteiger partial charge is 0.461 e. The van der Waals surface area contributed by atoms with Gasteiger partial charge >= 0.3 is 5.97 Å². The Balaban J connectivity index is 4.93. The van der Waals surface area contributed by atoms with Crippen molar-refractivity contribution in [2.75, 3.05) is 6.61 Å². The highest BCUT2D eigenvalue weighted by Gasteiger charge is 2.38. The quantitative estimate of drug-likeness (QED) is 0.433. The van der Waals surface area contributed by atoms with Gasteiger partial charge in [-0.05, 0) is 5.54 Å². The predicted molar refractivity (Wildman–Crippen MR) is 73.6 cm³/mol. The third-order valence-corrected chi connectivity index (χ3v) is 6.22. The number of hydrogen-bond acceptors (Lipinski definition) is 3. The molecule has 0 unspecified atom stereocenters. The highest BCUT2D eigenvalue weighted by Crippen LogP contribution is 2.33. The van der Waals surface area contributed by atoms with Gasteiger partial charge in [0.2, 0.25) is 0 Å². The van der Waals surface area contributed by atoms with Crippen molar-refractivity contribution >= 4 is 14.0 Å². The van der Waals surface area contributed by atoms with Crippen LogP contribution >= 0.6 is 0 Å². The average molecular weight is 256 g/mol. The van der Waals surface area contributed by atoms with Crippen LogP contribution in [0.25, 0.3) is 0 Å². The van der Waals surface area contributed by atoms with Crippen molar-refractivity contribution in [3.63, 3.8) is 0 Å². The molecule has 0 rings (SSSR count). The maximum absolute atomic E-state index is 11.9. The Morgan fingerprint density at radius 3 is 2.29 bits per heavy atom. The highest BCUT2D eigenvalue weighted by molar-refractivity contribution is 6.77. The fourth-order valence-corrected chi connectivity index (χ4v) is 2.97. The van der Waals surface area contributed by atoms with Crippen molar-refractivity contribution in [2.45, 2.75) is 38.2 Å². The van der Waals surface area contributed by atoms with E-state index in [2.05, 4.69) is 32.8 Å². The smallest absolute Gasteiger partial charge is 0.312 e. The van der Waals surface area contributed by atoms with Crippen LogP contribution in [0.1, 0.15) is 6.92 Å². The molecule has 98 valence electrons. The number of carbonyl (C=O) groups is 1. The van der Waals surface area contributed by atoms with Crippen LogP contribution in [0.5, 0.6) is 0 Å². The van der Waals surface area contributed by atoms with E-state index in [1.807, 2.05) is 6.92 Å². The van der Waals surface area contributed by atoms with Crippen molar-refractivity contribution in [3.05, 3.63) is 25.3 Å². The van der Waals surface area contributed by atoms with Gasteiger partial charge < -0.3 is 9.84 Å². The number of rotatable bonds is 7. The normalized spacial score (nSPS) is 16.8. The van der Waals surface area contributed by atoms with Crippen molar-refractivity contribution in [2.24, 2.45) is 5.92 Å². The predicted octanol–water partition coefficient (Wildman–Crippen LogP) is 2.61. The van der Waals surface area contributed by atoms with E-state index in [-0.39, 0.29) is 18.1 Å². The highest BCUT2D eigenvalue weighted by atomic mass is 28.3. The number of carbonyl (C=O) groups excluding carboxylic acids is 1. The van der Waals surface area contributed by atoms with Crippen LogP contribution < -0.4 is 0 Å². The first-order valence-corrected chi connectivity index (χ1v) is 9.41. The monoisotopic (exact) mass is 256 g/mol.